The zero-order chi connectivity index (χ0) is 22.3. The number of hydrogen-bond acceptors (Lipinski definition) is 7. The van der Waals surface area contributed by atoms with Crippen LogP contribution in [-0.2, 0) is 15.8 Å². The molecule has 0 bridgehead atoms. The van der Waals surface area contributed by atoms with Gasteiger partial charge in [0.2, 0.25) is 5.91 Å². The van der Waals surface area contributed by atoms with Crippen molar-refractivity contribution in [2.45, 2.75) is 39.9 Å². The van der Waals surface area contributed by atoms with Gasteiger partial charge in [0.15, 0.2) is 5.13 Å². The lowest BCUT2D eigenvalue weighted by molar-refractivity contribution is -0.134. The molecule has 0 aromatic carbocycles. The Kier molecular flexibility index (Phi) is 10.2. The lowest BCUT2D eigenvalue weighted by Crippen LogP contribution is -2.49. The van der Waals surface area contributed by atoms with Crippen LogP contribution in [0.15, 0.2) is 5.38 Å². The van der Waals surface area contributed by atoms with Crippen molar-refractivity contribution >= 4 is 39.3 Å². The van der Waals surface area contributed by atoms with Gasteiger partial charge in [0.25, 0.3) is 5.91 Å². The highest BCUT2D eigenvalue weighted by Gasteiger charge is 2.34. The molecule has 1 rings (SSSR count). The summed E-state index contributed by atoms with van der Waals surface area (Å²) in [7, 11) is 0.345. The molecule has 4 atom stereocenters. The summed E-state index contributed by atoms with van der Waals surface area (Å²) in [5.41, 5.74) is 0.124. The first-order valence-corrected chi connectivity index (χ1v) is 11.8. The van der Waals surface area contributed by atoms with Crippen molar-refractivity contribution < 1.29 is 24.0 Å². The number of thiazole rings is 1. The number of hydrogen-bond donors (Lipinski definition) is 4. The van der Waals surface area contributed by atoms with Gasteiger partial charge in [0, 0.05) is 31.8 Å². The number of rotatable bonds is 11. The van der Waals surface area contributed by atoms with Gasteiger partial charge in [-0.05, 0) is 11.8 Å². The van der Waals surface area contributed by atoms with Crippen LogP contribution in [0.25, 0.3) is 0 Å². The number of carbonyl (C=O) groups is 2. The van der Waals surface area contributed by atoms with Crippen molar-refractivity contribution in [2.24, 2.45) is 17.8 Å². The molecule has 0 spiro atoms. The smallest absolute Gasteiger partial charge is 0.270 e. The maximum Gasteiger partial charge on any atom is 0.270 e. The van der Waals surface area contributed by atoms with Crippen LogP contribution in [0.5, 0.6) is 0 Å². The molecule has 0 radical (unpaired) electrons. The van der Waals surface area contributed by atoms with Crippen molar-refractivity contribution in [2.75, 3.05) is 30.7 Å². The van der Waals surface area contributed by atoms with Crippen LogP contribution < -0.4 is 14.9 Å². The Morgan fingerprint density at radius 2 is 1.83 bits per heavy atom. The largest absolute Gasteiger partial charge is 0.390 e. The molecule has 0 saturated heterocycles. The lowest BCUT2D eigenvalue weighted by Gasteiger charge is -2.29. The van der Waals surface area contributed by atoms with Crippen molar-refractivity contribution in [3.8, 4) is 0 Å². The van der Waals surface area contributed by atoms with Crippen molar-refractivity contribution in [3.63, 3.8) is 0 Å². The van der Waals surface area contributed by atoms with E-state index in [4.69, 9.17) is 0 Å². The van der Waals surface area contributed by atoms with Gasteiger partial charge in [0.05, 0.1) is 18.1 Å². The number of carbonyl (C=O) groups excluding carboxylic acids is 2. The highest BCUT2D eigenvalue weighted by molar-refractivity contribution is 7.85. The summed E-state index contributed by atoms with van der Waals surface area (Å²) in [6.45, 7) is 7.75. The monoisotopic (exact) mass is 448 g/mol. The first-order chi connectivity index (χ1) is 13.5. The van der Waals surface area contributed by atoms with Crippen LogP contribution in [-0.4, -0.2) is 69.8 Å². The normalized spacial score (nSPS) is 15.7. The number of nitrogens with zero attached hydrogens (tertiary/aromatic N) is 2. The van der Waals surface area contributed by atoms with Crippen molar-refractivity contribution in [3.05, 3.63) is 11.1 Å². The van der Waals surface area contributed by atoms with Crippen LogP contribution in [0.4, 0.5) is 5.13 Å². The number of anilines is 1. The molecular weight excluding hydrogens is 416 g/mol. The molecule has 1 heterocycles. The standard InChI is InChI=1S/C18H32N4O5S2/c1-10(2)7-19-17(26)14(11(3)4)15(24)13(23)8-20-16(25)12-9-28-18(21-12)22(5)29(6)27/h9-11,13-15,23-24H,7-8H2,1-6H3,(H,19,26)(H,20,25). The topological polar surface area (TPSA) is 132 Å². The van der Waals surface area contributed by atoms with Gasteiger partial charge in [-0.25, -0.2) is 9.19 Å². The third kappa shape index (κ3) is 7.65. The Balaban J connectivity index is 2.69. The zero-order valence-corrected chi connectivity index (χ0v) is 19.3. The number of nitrogens with one attached hydrogen (secondary N) is 2. The summed E-state index contributed by atoms with van der Waals surface area (Å²) in [4.78, 5) is 28.8. The van der Waals surface area contributed by atoms with Gasteiger partial charge in [-0.1, -0.05) is 27.7 Å². The minimum Gasteiger partial charge on any atom is -0.390 e. The minimum atomic E-state index is -1.33. The number of aromatic nitrogens is 1. The first-order valence-electron chi connectivity index (χ1n) is 9.40. The van der Waals surface area contributed by atoms with Gasteiger partial charge in [-0.2, -0.15) is 0 Å². The third-order valence-corrected chi connectivity index (χ3v) is 6.30. The van der Waals surface area contributed by atoms with E-state index in [1.165, 1.54) is 27.3 Å². The predicted molar refractivity (Wildman–Crippen MR) is 115 cm³/mol. The molecule has 0 saturated carbocycles. The van der Waals surface area contributed by atoms with E-state index in [0.29, 0.717) is 11.7 Å². The predicted octanol–water partition coefficient (Wildman–Crippen LogP) is 0.369. The maximum absolute atomic E-state index is 12.4. The Bertz CT molecular complexity index is 710. The average Bonchev–Trinajstić information content (AvgIpc) is 3.13. The quantitative estimate of drug-likeness (QED) is 0.387. The molecule has 0 aliphatic carbocycles. The fourth-order valence-electron chi connectivity index (χ4n) is 2.55. The maximum atomic E-state index is 12.4. The van der Waals surface area contributed by atoms with Crippen molar-refractivity contribution in [1.82, 2.24) is 15.6 Å². The van der Waals surface area contributed by atoms with Gasteiger partial charge >= 0.3 is 0 Å². The molecule has 29 heavy (non-hydrogen) atoms. The molecule has 2 amide bonds. The Labute approximate surface area is 178 Å². The second-order valence-electron chi connectivity index (χ2n) is 7.61. The highest BCUT2D eigenvalue weighted by Crippen LogP contribution is 2.21. The van der Waals surface area contributed by atoms with E-state index in [1.807, 2.05) is 13.8 Å². The number of aliphatic hydroxyl groups excluding tert-OH is 2. The van der Waals surface area contributed by atoms with Gasteiger partial charge in [0.1, 0.15) is 16.7 Å². The fraction of sp³-hybridized carbons (Fsp3) is 0.722. The molecule has 0 fully saturated rings. The first kappa shape index (κ1) is 25.5. The summed E-state index contributed by atoms with van der Waals surface area (Å²) in [5, 5.41) is 28.0. The van der Waals surface area contributed by atoms with E-state index in [-0.39, 0.29) is 30.0 Å². The SMILES string of the molecule is CC(C)CNC(=O)C(C(C)C)C(O)C(O)CNC(=O)c1csc(N(C)S(C)=O)n1. The molecule has 1 aromatic rings. The Morgan fingerprint density at radius 3 is 2.34 bits per heavy atom. The summed E-state index contributed by atoms with van der Waals surface area (Å²) in [6, 6.07) is 0. The van der Waals surface area contributed by atoms with Gasteiger partial charge in [-0.3, -0.25) is 13.9 Å². The molecule has 4 N–H and O–H groups in total. The van der Waals surface area contributed by atoms with E-state index < -0.39 is 35.0 Å². The highest BCUT2D eigenvalue weighted by atomic mass is 32.2. The third-order valence-electron chi connectivity index (χ3n) is 4.32. The molecule has 0 aliphatic rings. The molecule has 9 nitrogen and oxygen atoms in total. The average molecular weight is 449 g/mol. The van der Waals surface area contributed by atoms with E-state index in [2.05, 4.69) is 15.6 Å². The molecule has 166 valence electrons. The Morgan fingerprint density at radius 1 is 1.21 bits per heavy atom. The van der Waals surface area contributed by atoms with E-state index >= 15 is 0 Å². The Hall–Kier alpha value is -1.56. The minimum absolute atomic E-state index is 0.124. The van der Waals surface area contributed by atoms with E-state index in [1.54, 1.807) is 20.9 Å². The number of amides is 2. The van der Waals surface area contributed by atoms with Gasteiger partial charge < -0.3 is 20.8 Å². The molecule has 0 aliphatic heterocycles. The molecule has 4 unspecified atom stereocenters. The van der Waals surface area contributed by atoms with E-state index in [9.17, 15) is 24.0 Å². The second-order valence-corrected chi connectivity index (χ2v) is 9.85. The van der Waals surface area contributed by atoms with Crippen LogP contribution in [0.2, 0.25) is 0 Å². The van der Waals surface area contributed by atoms with Crippen LogP contribution in [0.3, 0.4) is 0 Å². The molecule has 11 heteroatoms. The molecule has 1 aromatic heterocycles. The van der Waals surface area contributed by atoms with Crippen molar-refractivity contribution in [1.29, 1.82) is 0 Å². The summed E-state index contributed by atoms with van der Waals surface area (Å²) in [6.07, 6.45) is -1.15. The summed E-state index contributed by atoms with van der Waals surface area (Å²) in [5.74, 6) is -1.60. The molecular formula is C18H32N4O5S2. The van der Waals surface area contributed by atoms with Gasteiger partial charge in [-0.15, -0.1) is 11.3 Å². The van der Waals surface area contributed by atoms with Crippen LogP contribution in [0.1, 0.15) is 38.2 Å². The second kappa shape index (κ2) is 11.6. The summed E-state index contributed by atoms with van der Waals surface area (Å²) < 4.78 is 12.9. The van der Waals surface area contributed by atoms with Crippen LogP contribution >= 0.6 is 11.3 Å². The lowest BCUT2D eigenvalue weighted by atomic mass is 9.86. The van der Waals surface area contributed by atoms with Crippen LogP contribution in [0, 0.1) is 17.8 Å². The number of aliphatic hydroxyl groups is 2. The fourth-order valence-corrected chi connectivity index (χ4v) is 3.93. The van der Waals surface area contributed by atoms with E-state index in [0.717, 1.165) is 0 Å². The zero-order valence-electron chi connectivity index (χ0n) is 17.7. The summed E-state index contributed by atoms with van der Waals surface area (Å²) >= 11 is 1.17.